The van der Waals surface area contributed by atoms with Crippen molar-refractivity contribution in [1.82, 2.24) is 14.7 Å². The molecule has 1 aromatic carbocycles. The van der Waals surface area contributed by atoms with Crippen LogP contribution in [0.5, 0.6) is 0 Å². The van der Waals surface area contributed by atoms with Gasteiger partial charge >= 0.3 is 0 Å². The van der Waals surface area contributed by atoms with Crippen molar-refractivity contribution in [3.05, 3.63) is 47.3 Å². The molecule has 2 aromatic rings. The molecule has 3 rings (SSSR count). The molecular formula is C25H36N4O2. The third kappa shape index (κ3) is 5.96. The second-order valence-corrected chi connectivity index (χ2v) is 9.04. The van der Waals surface area contributed by atoms with E-state index in [1.54, 1.807) is 11.6 Å². The van der Waals surface area contributed by atoms with Crippen LogP contribution in [0.4, 0.5) is 5.69 Å². The number of carbonyl (C=O) groups is 2. The number of aromatic nitrogens is 2. The van der Waals surface area contributed by atoms with Gasteiger partial charge in [-0.3, -0.25) is 14.3 Å². The maximum Gasteiger partial charge on any atom is 0.272 e. The average molecular weight is 425 g/mol. The minimum absolute atomic E-state index is 0.00578. The number of benzene rings is 1. The Hall–Kier alpha value is -2.63. The second kappa shape index (κ2) is 10.6. The normalized spacial score (nSPS) is 15.9. The Balaban J connectivity index is 1.92. The van der Waals surface area contributed by atoms with E-state index in [0.717, 1.165) is 62.0 Å². The molecule has 0 spiro atoms. The summed E-state index contributed by atoms with van der Waals surface area (Å²) in [5.41, 5.74) is 3.51. The summed E-state index contributed by atoms with van der Waals surface area (Å²) in [7, 11) is 1.85. The third-order valence-corrected chi connectivity index (χ3v) is 5.89. The van der Waals surface area contributed by atoms with E-state index in [9.17, 15) is 9.59 Å². The van der Waals surface area contributed by atoms with E-state index in [2.05, 4.69) is 18.9 Å². The van der Waals surface area contributed by atoms with Crippen LogP contribution in [0.2, 0.25) is 0 Å². The lowest BCUT2D eigenvalue weighted by Crippen LogP contribution is -2.35. The fraction of sp³-hybridized carbons (Fsp3) is 0.560. The van der Waals surface area contributed by atoms with Crippen molar-refractivity contribution < 1.29 is 9.59 Å². The summed E-state index contributed by atoms with van der Waals surface area (Å²) in [6.45, 7) is 7.86. The van der Waals surface area contributed by atoms with E-state index in [0.29, 0.717) is 24.7 Å². The molecule has 0 aliphatic carbocycles. The Kier molecular flexibility index (Phi) is 7.88. The van der Waals surface area contributed by atoms with Crippen molar-refractivity contribution in [1.29, 1.82) is 0 Å². The number of nitrogens with zero attached hydrogens (tertiary/aromatic N) is 4. The van der Waals surface area contributed by atoms with Crippen LogP contribution in [0.25, 0.3) is 0 Å². The van der Waals surface area contributed by atoms with Crippen LogP contribution in [0, 0.1) is 5.92 Å². The number of carbonyl (C=O) groups excluding carboxylic acids is 2. The lowest BCUT2D eigenvalue weighted by molar-refractivity contribution is -0.116. The van der Waals surface area contributed by atoms with Crippen LogP contribution in [-0.4, -0.2) is 39.6 Å². The van der Waals surface area contributed by atoms with Crippen LogP contribution in [0.1, 0.15) is 74.6 Å². The first-order valence-corrected chi connectivity index (χ1v) is 11.5. The van der Waals surface area contributed by atoms with E-state index in [1.807, 2.05) is 47.2 Å². The molecule has 0 radical (unpaired) electrons. The first-order chi connectivity index (χ1) is 14.9. The van der Waals surface area contributed by atoms with Crippen molar-refractivity contribution in [2.75, 3.05) is 18.0 Å². The van der Waals surface area contributed by atoms with Crippen molar-refractivity contribution >= 4 is 17.5 Å². The van der Waals surface area contributed by atoms with Gasteiger partial charge in [-0.1, -0.05) is 51.3 Å². The molecule has 6 heteroatoms. The minimum atomic E-state index is 0.00578. The number of para-hydroxylation sites is 1. The van der Waals surface area contributed by atoms with Gasteiger partial charge in [0.15, 0.2) is 0 Å². The first-order valence-electron chi connectivity index (χ1n) is 11.5. The van der Waals surface area contributed by atoms with E-state index >= 15 is 0 Å². The topological polar surface area (TPSA) is 58.4 Å². The fourth-order valence-electron chi connectivity index (χ4n) is 4.32. The zero-order chi connectivity index (χ0) is 22.4. The predicted molar refractivity (Wildman–Crippen MR) is 124 cm³/mol. The Bertz CT molecular complexity index is 903. The third-order valence-electron chi connectivity index (χ3n) is 5.89. The molecule has 0 saturated heterocycles. The molecule has 31 heavy (non-hydrogen) atoms. The second-order valence-electron chi connectivity index (χ2n) is 9.04. The molecule has 0 saturated carbocycles. The summed E-state index contributed by atoms with van der Waals surface area (Å²) < 4.78 is 1.71. The number of hydrogen-bond donors (Lipinski definition) is 0. The van der Waals surface area contributed by atoms with E-state index in [-0.39, 0.29) is 11.8 Å². The summed E-state index contributed by atoms with van der Waals surface area (Å²) in [5.74, 6) is 0.544. The van der Waals surface area contributed by atoms with Gasteiger partial charge in [0.2, 0.25) is 5.91 Å². The van der Waals surface area contributed by atoms with Gasteiger partial charge in [0.1, 0.15) is 5.69 Å². The average Bonchev–Trinajstić information content (AvgIpc) is 3.07. The zero-order valence-electron chi connectivity index (χ0n) is 19.4. The molecule has 0 bridgehead atoms. The molecule has 0 unspecified atom stereocenters. The summed E-state index contributed by atoms with van der Waals surface area (Å²) in [6, 6.07) is 9.91. The number of amides is 2. The van der Waals surface area contributed by atoms with E-state index in [1.165, 1.54) is 0 Å². The Morgan fingerprint density at radius 1 is 1.03 bits per heavy atom. The molecule has 0 atom stereocenters. The van der Waals surface area contributed by atoms with Crippen molar-refractivity contribution in [3.63, 3.8) is 0 Å². The standard InChI is InChI=1S/C25H36N4O2/c1-19(2)16-22-17-24(27(4)26-22)25(31)28-14-10-6-5-7-11-15-29(20(3)30)23-13-9-8-12-21(23)18-28/h8-9,12-13,17,19H,5-7,10-11,14-16,18H2,1-4H3. The summed E-state index contributed by atoms with van der Waals surface area (Å²) >= 11 is 0. The van der Waals surface area contributed by atoms with Crippen LogP contribution in [-0.2, 0) is 24.8 Å². The highest BCUT2D eigenvalue weighted by molar-refractivity contribution is 5.94. The summed E-state index contributed by atoms with van der Waals surface area (Å²) in [5, 5.41) is 4.57. The molecule has 1 aliphatic heterocycles. The van der Waals surface area contributed by atoms with Gasteiger partial charge in [0.25, 0.3) is 5.91 Å². The summed E-state index contributed by atoms with van der Waals surface area (Å²) in [4.78, 5) is 29.7. The van der Waals surface area contributed by atoms with E-state index in [4.69, 9.17) is 0 Å². The molecule has 1 aliphatic rings. The van der Waals surface area contributed by atoms with Crippen LogP contribution < -0.4 is 4.90 Å². The van der Waals surface area contributed by atoms with Gasteiger partial charge in [-0.05, 0) is 42.9 Å². The van der Waals surface area contributed by atoms with Crippen LogP contribution in [0.15, 0.2) is 30.3 Å². The zero-order valence-corrected chi connectivity index (χ0v) is 19.4. The number of rotatable bonds is 3. The van der Waals surface area contributed by atoms with Gasteiger partial charge in [-0.15, -0.1) is 0 Å². The molecular weight excluding hydrogens is 388 g/mol. The fourth-order valence-corrected chi connectivity index (χ4v) is 4.32. The lowest BCUT2D eigenvalue weighted by Gasteiger charge is -2.28. The van der Waals surface area contributed by atoms with Crippen molar-refractivity contribution in [3.8, 4) is 0 Å². The molecule has 2 amide bonds. The molecule has 1 aromatic heterocycles. The number of aryl methyl sites for hydroxylation is 1. The van der Waals surface area contributed by atoms with Gasteiger partial charge in [-0.25, -0.2) is 0 Å². The van der Waals surface area contributed by atoms with E-state index < -0.39 is 0 Å². The largest absolute Gasteiger partial charge is 0.333 e. The van der Waals surface area contributed by atoms with Crippen molar-refractivity contribution in [2.24, 2.45) is 13.0 Å². The highest BCUT2D eigenvalue weighted by Gasteiger charge is 2.23. The Morgan fingerprint density at radius 2 is 1.71 bits per heavy atom. The molecule has 2 heterocycles. The Labute approximate surface area is 186 Å². The lowest BCUT2D eigenvalue weighted by atomic mass is 10.1. The van der Waals surface area contributed by atoms with Crippen LogP contribution in [0.3, 0.4) is 0 Å². The quantitative estimate of drug-likeness (QED) is 0.725. The minimum Gasteiger partial charge on any atom is -0.333 e. The highest BCUT2D eigenvalue weighted by atomic mass is 16.2. The Morgan fingerprint density at radius 3 is 2.42 bits per heavy atom. The predicted octanol–water partition coefficient (Wildman–Crippen LogP) is 4.58. The molecule has 168 valence electrons. The molecule has 6 nitrogen and oxygen atoms in total. The monoisotopic (exact) mass is 424 g/mol. The smallest absolute Gasteiger partial charge is 0.272 e. The maximum atomic E-state index is 13.5. The molecule has 0 fully saturated rings. The van der Waals surface area contributed by atoms with Crippen LogP contribution >= 0.6 is 0 Å². The SMILES string of the molecule is CC(=O)N1CCCCCCCN(C(=O)c2cc(CC(C)C)nn2C)Cc2ccccc21. The van der Waals surface area contributed by atoms with Gasteiger partial charge in [0.05, 0.1) is 5.69 Å². The van der Waals surface area contributed by atoms with Gasteiger partial charge < -0.3 is 9.80 Å². The first kappa shape index (κ1) is 23.0. The van der Waals surface area contributed by atoms with Gasteiger partial charge in [0, 0.05) is 39.3 Å². The number of fused-ring (bicyclic) bond motifs is 1. The summed E-state index contributed by atoms with van der Waals surface area (Å²) in [6.07, 6.45) is 6.16. The number of anilines is 1. The van der Waals surface area contributed by atoms with Crippen molar-refractivity contribution in [2.45, 2.75) is 65.8 Å². The highest BCUT2D eigenvalue weighted by Crippen LogP contribution is 2.25. The maximum absolute atomic E-state index is 13.5. The van der Waals surface area contributed by atoms with Gasteiger partial charge in [-0.2, -0.15) is 5.10 Å². The molecule has 0 N–H and O–H groups in total. The number of hydrogen-bond acceptors (Lipinski definition) is 3.